The molecule has 1 aliphatic rings. The second kappa shape index (κ2) is 13.1. The van der Waals surface area contributed by atoms with Crippen molar-refractivity contribution in [2.24, 2.45) is 0 Å². The fourth-order valence-corrected chi connectivity index (χ4v) is 10.2. The Morgan fingerprint density at radius 2 is 0.875 bits per heavy atom. The van der Waals surface area contributed by atoms with Gasteiger partial charge in [-0.2, -0.15) is 0 Å². The van der Waals surface area contributed by atoms with Gasteiger partial charge in [0.1, 0.15) is 0 Å². The van der Waals surface area contributed by atoms with Gasteiger partial charge < -0.3 is 0 Å². The summed E-state index contributed by atoms with van der Waals surface area (Å²) < 4.78 is 2.52. The van der Waals surface area contributed by atoms with Crippen LogP contribution >= 0.6 is 11.3 Å². The third-order valence-corrected chi connectivity index (χ3v) is 12.6. The summed E-state index contributed by atoms with van der Waals surface area (Å²) in [5, 5.41) is 2.54. The summed E-state index contributed by atoms with van der Waals surface area (Å²) in [6, 6.07) is 74.5. The Kier molecular flexibility index (Phi) is 7.61. The third kappa shape index (κ3) is 5.02. The second-order valence-electron chi connectivity index (χ2n) is 14.4. The van der Waals surface area contributed by atoms with E-state index in [2.05, 4.69) is 188 Å². The zero-order chi connectivity index (χ0) is 37.1. The average Bonchev–Trinajstić information content (AvgIpc) is 3.81. The highest BCUT2D eigenvalue weighted by Gasteiger charge is 2.46. The number of thiophene rings is 1. The number of fused-ring (bicyclic) bond motifs is 6. The summed E-state index contributed by atoms with van der Waals surface area (Å²) in [6.45, 7) is 0. The highest BCUT2D eigenvalue weighted by Crippen LogP contribution is 2.57. The maximum Gasteiger partial charge on any atom is 0.160 e. The highest BCUT2D eigenvalue weighted by atomic mass is 32.1. The van der Waals surface area contributed by atoms with Crippen molar-refractivity contribution < 1.29 is 0 Å². The molecular weight excluding hydrogens is 697 g/mol. The van der Waals surface area contributed by atoms with Gasteiger partial charge in [0.2, 0.25) is 0 Å². The molecule has 0 fully saturated rings. The predicted molar refractivity (Wildman–Crippen MR) is 234 cm³/mol. The molecule has 0 aliphatic heterocycles. The molecule has 11 rings (SSSR count). The molecule has 0 amide bonds. The molecule has 0 saturated heterocycles. The molecule has 0 spiro atoms. The summed E-state index contributed by atoms with van der Waals surface area (Å²) >= 11 is 1.83. The molecule has 0 N–H and O–H groups in total. The Hall–Kier alpha value is -6.94. The standard InChI is InChI=1S/C53H34N2S/c1-3-16-37(17-4-1)52-54-48(34-49(55-52)44-25-15-24-43-42-23-10-14-29-50(42)56-51(43)44)36-32-30-35(31-33-36)39-20-7-11-26-45(39)53(38-18-5-2-6-19-38)46-27-12-8-21-40(46)41-22-9-13-28-47(41)53/h1-34H. The molecule has 8 aromatic carbocycles. The first-order chi connectivity index (χ1) is 27.8. The van der Waals surface area contributed by atoms with Gasteiger partial charge in [0, 0.05) is 36.9 Å². The van der Waals surface area contributed by atoms with Gasteiger partial charge in [-0.1, -0.05) is 194 Å². The minimum atomic E-state index is -0.483. The summed E-state index contributed by atoms with van der Waals surface area (Å²) in [7, 11) is 0. The number of hydrogen-bond donors (Lipinski definition) is 0. The monoisotopic (exact) mass is 730 g/mol. The normalized spacial score (nSPS) is 12.8. The van der Waals surface area contributed by atoms with Crippen molar-refractivity contribution in [3.8, 4) is 56.2 Å². The van der Waals surface area contributed by atoms with Crippen LogP contribution in [0.15, 0.2) is 206 Å². The maximum absolute atomic E-state index is 5.21. The van der Waals surface area contributed by atoms with Gasteiger partial charge in [-0.25, -0.2) is 9.97 Å². The SMILES string of the molecule is c1ccc(-c2nc(-c3ccc(-c4ccccc4C4(c5ccccc5)c5ccccc5-c5ccccc54)cc3)cc(-c3cccc4c3sc3ccccc34)n2)cc1. The lowest BCUT2D eigenvalue weighted by Gasteiger charge is -2.35. The first-order valence-electron chi connectivity index (χ1n) is 19.1. The topological polar surface area (TPSA) is 25.8 Å². The predicted octanol–water partition coefficient (Wildman–Crippen LogP) is 13.9. The molecule has 0 bridgehead atoms. The van der Waals surface area contributed by atoms with Gasteiger partial charge in [0.25, 0.3) is 0 Å². The van der Waals surface area contributed by atoms with Gasteiger partial charge in [-0.05, 0) is 56.6 Å². The molecule has 0 radical (unpaired) electrons. The molecule has 0 atom stereocenters. The van der Waals surface area contributed by atoms with Gasteiger partial charge >= 0.3 is 0 Å². The molecule has 0 unspecified atom stereocenters. The average molecular weight is 731 g/mol. The van der Waals surface area contributed by atoms with E-state index in [0.29, 0.717) is 5.82 Å². The van der Waals surface area contributed by atoms with Crippen LogP contribution in [0.5, 0.6) is 0 Å². The van der Waals surface area contributed by atoms with Crippen molar-refractivity contribution in [3.63, 3.8) is 0 Å². The van der Waals surface area contributed by atoms with Crippen LogP contribution in [0.25, 0.3) is 76.3 Å². The molecule has 56 heavy (non-hydrogen) atoms. The van der Waals surface area contributed by atoms with Gasteiger partial charge in [0.05, 0.1) is 16.8 Å². The van der Waals surface area contributed by atoms with E-state index in [1.54, 1.807) is 0 Å². The lowest BCUT2D eigenvalue weighted by Crippen LogP contribution is -2.29. The smallest absolute Gasteiger partial charge is 0.160 e. The zero-order valence-electron chi connectivity index (χ0n) is 30.4. The summed E-state index contributed by atoms with van der Waals surface area (Å²) in [5.74, 6) is 0.717. The van der Waals surface area contributed by atoms with Crippen LogP contribution in [0.1, 0.15) is 22.3 Å². The number of benzene rings is 8. The minimum Gasteiger partial charge on any atom is -0.228 e. The molecular formula is C53H34N2S. The van der Waals surface area contributed by atoms with Crippen LogP contribution in [-0.2, 0) is 5.41 Å². The summed E-state index contributed by atoms with van der Waals surface area (Å²) in [6.07, 6.45) is 0. The first kappa shape index (κ1) is 32.5. The maximum atomic E-state index is 5.21. The largest absolute Gasteiger partial charge is 0.228 e. The molecule has 2 nitrogen and oxygen atoms in total. The quantitative estimate of drug-likeness (QED) is 0.170. The van der Waals surface area contributed by atoms with Crippen molar-refractivity contribution in [2.45, 2.75) is 5.41 Å². The fourth-order valence-electron chi connectivity index (χ4n) is 8.96. The molecule has 3 heteroatoms. The Bertz CT molecular complexity index is 3030. The zero-order valence-corrected chi connectivity index (χ0v) is 31.2. The highest BCUT2D eigenvalue weighted by molar-refractivity contribution is 7.26. The van der Waals surface area contributed by atoms with Crippen molar-refractivity contribution in [2.75, 3.05) is 0 Å². The number of hydrogen-bond acceptors (Lipinski definition) is 3. The lowest BCUT2D eigenvalue weighted by molar-refractivity contribution is 0.770. The summed E-state index contributed by atoms with van der Waals surface area (Å²) in [4.78, 5) is 10.4. The minimum absolute atomic E-state index is 0.483. The van der Waals surface area contributed by atoms with Gasteiger partial charge in [0.15, 0.2) is 5.82 Å². The van der Waals surface area contributed by atoms with Crippen LogP contribution < -0.4 is 0 Å². The Morgan fingerprint density at radius 1 is 0.357 bits per heavy atom. The van der Waals surface area contributed by atoms with Crippen molar-refractivity contribution >= 4 is 31.5 Å². The molecule has 10 aromatic rings. The van der Waals surface area contributed by atoms with Crippen LogP contribution in [0.3, 0.4) is 0 Å². The Balaban J connectivity index is 1.07. The van der Waals surface area contributed by atoms with E-state index in [4.69, 9.17) is 9.97 Å². The van der Waals surface area contributed by atoms with Crippen molar-refractivity contribution in [1.82, 2.24) is 9.97 Å². The van der Waals surface area contributed by atoms with E-state index < -0.39 is 5.41 Å². The molecule has 1 aliphatic carbocycles. The van der Waals surface area contributed by atoms with Crippen molar-refractivity contribution in [3.05, 3.63) is 229 Å². The van der Waals surface area contributed by atoms with Crippen LogP contribution in [-0.4, -0.2) is 9.97 Å². The summed E-state index contributed by atoms with van der Waals surface area (Å²) in [5.41, 5.74) is 14.6. The number of nitrogens with zero attached hydrogens (tertiary/aromatic N) is 2. The van der Waals surface area contributed by atoms with Gasteiger partial charge in [-0.15, -0.1) is 11.3 Å². The molecule has 2 aromatic heterocycles. The third-order valence-electron chi connectivity index (χ3n) is 11.4. The van der Waals surface area contributed by atoms with E-state index >= 15 is 0 Å². The van der Waals surface area contributed by atoms with E-state index in [0.717, 1.165) is 33.6 Å². The first-order valence-corrected chi connectivity index (χ1v) is 19.9. The van der Waals surface area contributed by atoms with E-state index in [1.165, 1.54) is 59.1 Å². The van der Waals surface area contributed by atoms with E-state index in [-0.39, 0.29) is 0 Å². The Labute approximate surface area is 330 Å². The fraction of sp³-hybridized carbons (Fsp3) is 0.0189. The van der Waals surface area contributed by atoms with E-state index in [9.17, 15) is 0 Å². The molecule has 0 saturated carbocycles. The Morgan fingerprint density at radius 3 is 1.59 bits per heavy atom. The van der Waals surface area contributed by atoms with Crippen molar-refractivity contribution in [1.29, 1.82) is 0 Å². The van der Waals surface area contributed by atoms with Crippen LogP contribution in [0.2, 0.25) is 0 Å². The second-order valence-corrected chi connectivity index (χ2v) is 15.5. The lowest BCUT2D eigenvalue weighted by atomic mass is 9.66. The molecule has 2 heterocycles. The van der Waals surface area contributed by atoms with Crippen LogP contribution in [0, 0.1) is 0 Å². The van der Waals surface area contributed by atoms with E-state index in [1.807, 2.05) is 29.5 Å². The molecule has 262 valence electrons. The van der Waals surface area contributed by atoms with Gasteiger partial charge in [-0.3, -0.25) is 0 Å². The van der Waals surface area contributed by atoms with Crippen LogP contribution in [0.4, 0.5) is 0 Å². The number of aromatic nitrogens is 2. The number of rotatable bonds is 6.